The van der Waals surface area contributed by atoms with Crippen LogP contribution in [0.15, 0.2) is 109 Å². The van der Waals surface area contributed by atoms with Gasteiger partial charge < -0.3 is 14.2 Å². The van der Waals surface area contributed by atoms with Crippen molar-refractivity contribution in [2.45, 2.75) is 175 Å². The lowest BCUT2D eigenvalue weighted by molar-refractivity contribution is -0.167. The minimum absolute atomic E-state index is 0.123. The van der Waals surface area contributed by atoms with Crippen molar-refractivity contribution < 1.29 is 28.6 Å². The number of carbonyl (C=O) groups excluding carboxylic acids is 3. The van der Waals surface area contributed by atoms with Gasteiger partial charge in [-0.05, 0) is 83.5 Å². The largest absolute Gasteiger partial charge is 0.462 e. The molecule has 0 aliphatic heterocycles. The quantitative estimate of drug-likeness (QED) is 0.0206. The van der Waals surface area contributed by atoms with Crippen LogP contribution >= 0.6 is 0 Å². The molecule has 56 heavy (non-hydrogen) atoms. The van der Waals surface area contributed by atoms with E-state index < -0.39 is 6.10 Å². The van der Waals surface area contributed by atoms with Crippen LogP contribution in [0.3, 0.4) is 0 Å². The number of rotatable bonds is 37. The molecule has 0 rings (SSSR count). The molecule has 0 amide bonds. The van der Waals surface area contributed by atoms with Crippen molar-refractivity contribution in [3.05, 3.63) is 109 Å². The monoisotopic (exact) mass is 775 g/mol. The van der Waals surface area contributed by atoms with E-state index in [4.69, 9.17) is 14.2 Å². The van der Waals surface area contributed by atoms with E-state index in [-0.39, 0.29) is 44.0 Å². The van der Waals surface area contributed by atoms with Gasteiger partial charge in [0.25, 0.3) is 0 Å². The van der Waals surface area contributed by atoms with E-state index in [1.807, 2.05) is 36.5 Å². The van der Waals surface area contributed by atoms with Gasteiger partial charge in [0.1, 0.15) is 13.2 Å². The second-order valence-electron chi connectivity index (χ2n) is 14.0. The summed E-state index contributed by atoms with van der Waals surface area (Å²) in [5.41, 5.74) is 0. The van der Waals surface area contributed by atoms with Crippen molar-refractivity contribution in [3.8, 4) is 0 Å². The van der Waals surface area contributed by atoms with Gasteiger partial charge in [0.15, 0.2) is 6.10 Å². The summed E-state index contributed by atoms with van der Waals surface area (Å²) in [6.45, 7) is 6.26. The molecule has 0 aliphatic carbocycles. The average Bonchev–Trinajstić information content (AvgIpc) is 3.19. The minimum Gasteiger partial charge on any atom is -0.462 e. The predicted molar refractivity (Wildman–Crippen MR) is 237 cm³/mol. The van der Waals surface area contributed by atoms with Gasteiger partial charge in [-0.15, -0.1) is 0 Å². The van der Waals surface area contributed by atoms with Crippen LogP contribution in [0.4, 0.5) is 0 Å². The van der Waals surface area contributed by atoms with Crippen molar-refractivity contribution in [2.24, 2.45) is 0 Å². The molecule has 6 nitrogen and oxygen atoms in total. The Balaban J connectivity index is 4.50. The SMILES string of the molecule is CC/C=C\C/C=C\C/C=C\CCCC(=O)OC(COC(=O)CCC/C=C\CCCCCC)COC(=O)CCCCCCC\C=C/C=C\C=C/C=C\C=C/CCC. The molecule has 0 N–H and O–H groups in total. The molecule has 0 saturated carbocycles. The van der Waals surface area contributed by atoms with Crippen LogP contribution in [0.1, 0.15) is 168 Å². The number of unbranched alkanes of at least 4 members (excludes halogenated alkanes) is 12. The molecule has 1 atom stereocenters. The molecule has 6 heteroatoms. The van der Waals surface area contributed by atoms with E-state index in [2.05, 4.69) is 93.7 Å². The molecule has 0 saturated heterocycles. The number of allylic oxidation sites excluding steroid dienone is 18. The fraction of sp³-hybridized carbons (Fsp3) is 0.580. The summed E-state index contributed by atoms with van der Waals surface area (Å²) in [5.74, 6) is -1.05. The Bertz CT molecular complexity index is 1210. The summed E-state index contributed by atoms with van der Waals surface area (Å²) >= 11 is 0. The van der Waals surface area contributed by atoms with Crippen LogP contribution in [0.25, 0.3) is 0 Å². The third kappa shape index (κ3) is 41.2. The number of carbonyl (C=O) groups is 3. The molecule has 0 heterocycles. The van der Waals surface area contributed by atoms with Gasteiger partial charge in [0.2, 0.25) is 0 Å². The van der Waals surface area contributed by atoms with Crippen LogP contribution in [-0.4, -0.2) is 37.2 Å². The molecule has 0 fully saturated rings. The fourth-order valence-corrected chi connectivity index (χ4v) is 5.32. The lowest BCUT2D eigenvalue weighted by atomic mass is 10.1. The highest BCUT2D eigenvalue weighted by Crippen LogP contribution is 2.11. The van der Waals surface area contributed by atoms with Crippen LogP contribution < -0.4 is 0 Å². The molecule has 0 aliphatic rings. The van der Waals surface area contributed by atoms with E-state index in [0.29, 0.717) is 19.3 Å². The number of esters is 3. The highest BCUT2D eigenvalue weighted by atomic mass is 16.6. The summed E-state index contributed by atoms with van der Waals surface area (Å²) in [4.78, 5) is 37.6. The molecule has 0 radical (unpaired) electrons. The maximum atomic E-state index is 12.6. The molecule has 0 spiro atoms. The van der Waals surface area contributed by atoms with Gasteiger partial charge in [-0.2, -0.15) is 0 Å². The zero-order chi connectivity index (χ0) is 40.8. The summed E-state index contributed by atoms with van der Waals surface area (Å²) in [6, 6.07) is 0. The van der Waals surface area contributed by atoms with Gasteiger partial charge in [-0.25, -0.2) is 0 Å². The first-order chi connectivity index (χ1) is 27.5. The van der Waals surface area contributed by atoms with E-state index in [0.717, 1.165) is 83.5 Å². The van der Waals surface area contributed by atoms with E-state index >= 15 is 0 Å². The van der Waals surface area contributed by atoms with Crippen LogP contribution in [0.2, 0.25) is 0 Å². The Kier molecular flexibility index (Phi) is 40.7. The first kappa shape index (κ1) is 52.1. The molecule has 314 valence electrons. The molecule has 0 bridgehead atoms. The minimum atomic E-state index is -0.825. The smallest absolute Gasteiger partial charge is 0.306 e. The first-order valence-corrected chi connectivity index (χ1v) is 22.0. The standard InChI is InChI=1S/C50H78O6/c1-4-7-10-13-16-19-21-22-23-24-25-26-27-29-31-34-37-40-43-49(52)55-46-47(45-54-48(51)42-39-36-33-30-18-15-12-9-6-3)56-50(53)44-41-38-35-32-28-20-17-14-11-8-5-2/h8,10-11,13,16-17,19-26,30,32-33,35,47H,4-7,9,12,14-15,18,27-29,31,34,36-46H2,1-3H3/b11-8-,13-10-,19-16-,20-17-,22-21-,24-23-,26-25-,33-30-,35-32-. The molecular formula is C50H78O6. The summed E-state index contributed by atoms with van der Waals surface area (Å²) < 4.78 is 16.5. The second kappa shape index (κ2) is 43.8. The molecule has 0 aromatic rings. The maximum Gasteiger partial charge on any atom is 0.306 e. The van der Waals surface area contributed by atoms with Crippen LogP contribution in [0, 0.1) is 0 Å². The highest BCUT2D eigenvalue weighted by molar-refractivity contribution is 5.71. The highest BCUT2D eigenvalue weighted by Gasteiger charge is 2.19. The van der Waals surface area contributed by atoms with E-state index in [1.165, 1.54) is 32.1 Å². The Hall–Kier alpha value is -3.93. The topological polar surface area (TPSA) is 78.9 Å². The van der Waals surface area contributed by atoms with E-state index in [9.17, 15) is 14.4 Å². The summed E-state index contributed by atoms with van der Waals surface area (Å²) in [5, 5.41) is 0. The predicted octanol–water partition coefficient (Wildman–Crippen LogP) is 14.0. The van der Waals surface area contributed by atoms with E-state index in [1.54, 1.807) is 0 Å². The molecule has 0 aromatic heterocycles. The van der Waals surface area contributed by atoms with Crippen molar-refractivity contribution in [1.29, 1.82) is 0 Å². The Morgan fingerprint density at radius 1 is 0.393 bits per heavy atom. The average molecular weight is 775 g/mol. The Morgan fingerprint density at radius 3 is 1.41 bits per heavy atom. The molecular weight excluding hydrogens is 697 g/mol. The lowest BCUT2D eigenvalue weighted by Crippen LogP contribution is -2.30. The second-order valence-corrected chi connectivity index (χ2v) is 14.0. The van der Waals surface area contributed by atoms with Crippen molar-refractivity contribution >= 4 is 17.9 Å². The first-order valence-electron chi connectivity index (χ1n) is 22.0. The summed E-state index contributed by atoms with van der Waals surface area (Å²) in [6.07, 6.45) is 58.0. The van der Waals surface area contributed by atoms with Crippen LogP contribution in [0.5, 0.6) is 0 Å². The Morgan fingerprint density at radius 2 is 0.821 bits per heavy atom. The number of ether oxygens (including phenoxy) is 3. The van der Waals surface area contributed by atoms with Crippen molar-refractivity contribution in [2.75, 3.05) is 13.2 Å². The Labute approximate surface area is 342 Å². The zero-order valence-corrected chi connectivity index (χ0v) is 35.6. The normalized spacial score (nSPS) is 13.1. The van der Waals surface area contributed by atoms with Gasteiger partial charge in [-0.1, -0.05) is 175 Å². The van der Waals surface area contributed by atoms with Gasteiger partial charge >= 0.3 is 17.9 Å². The fourth-order valence-electron chi connectivity index (χ4n) is 5.32. The van der Waals surface area contributed by atoms with Gasteiger partial charge in [-0.3, -0.25) is 14.4 Å². The maximum absolute atomic E-state index is 12.6. The van der Waals surface area contributed by atoms with Gasteiger partial charge in [0, 0.05) is 19.3 Å². The zero-order valence-electron chi connectivity index (χ0n) is 35.6. The number of hydrogen-bond acceptors (Lipinski definition) is 6. The van der Waals surface area contributed by atoms with Gasteiger partial charge in [0.05, 0.1) is 0 Å². The third-order valence-electron chi connectivity index (χ3n) is 8.59. The van der Waals surface area contributed by atoms with Crippen molar-refractivity contribution in [3.63, 3.8) is 0 Å². The molecule has 0 aromatic carbocycles. The number of hydrogen-bond donors (Lipinski definition) is 0. The lowest BCUT2D eigenvalue weighted by Gasteiger charge is -2.18. The molecule has 1 unspecified atom stereocenters. The van der Waals surface area contributed by atoms with Crippen molar-refractivity contribution in [1.82, 2.24) is 0 Å². The third-order valence-corrected chi connectivity index (χ3v) is 8.59. The van der Waals surface area contributed by atoms with Crippen LogP contribution in [-0.2, 0) is 28.6 Å². The summed E-state index contributed by atoms with van der Waals surface area (Å²) in [7, 11) is 0.